The van der Waals surface area contributed by atoms with Crippen molar-refractivity contribution in [3.63, 3.8) is 0 Å². The molecular formula is C21H31ClFN3O3S. The molecule has 0 unspecified atom stereocenters. The number of halogens is 2. The molecule has 0 spiro atoms. The smallest absolute Gasteiger partial charge is 0.225 e. The molecule has 0 radical (unpaired) electrons. The number of amides is 1. The van der Waals surface area contributed by atoms with Crippen LogP contribution in [0.2, 0.25) is 5.02 Å². The number of unbranched alkanes of at least 4 members (excludes halogenated alkanes) is 1. The van der Waals surface area contributed by atoms with Crippen molar-refractivity contribution in [3.05, 3.63) is 34.6 Å². The van der Waals surface area contributed by atoms with Crippen molar-refractivity contribution in [1.29, 1.82) is 0 Å². The van der Waals surface area contributed by atoms with E-state index in [9.17, 15) is 17.6 Å². The van der Waals surface area contributed by atoms with E-state index in [4.69, 9.17) is 11.6 Å². The lowest BCUT2D eigenvalue weighted by Crippen LogP contribution is -2.51. The van der Waals surface area contributed by atoms with Gasteiger partial charge in [-0.1, -0.05) is 31.0 Å². The Bertz CT molecular complexity index is 816. The Kier molecular flexibility index (Phi) is 8.12. The standard InChI is InChI=1S/C21H31ClFN3O3S/c1-2-3-15-30(28,29)26-9-7-17(8-10-26)21(27)25-13-11-24(12-14-25)16-18-19(22)5-4-6-20(18)23/h4-6,17H,2-3,7-16H2,1H3. The van der Waals surface area contributed by atoms with Gasteiger partial charge in [0.25, 0.3) is 0 Å². The van der Waals surface area contributed by atoms with Gasteiger partial charge in [-0.15, -0.1) is 0 Å². The lowest BCUT2D eigenvalue weighted by atomic mass is 9.96. The molecule has 2 aliphatic rings. The SMILES string of the molecule is CCCCS(=O)(=O)N1CCC(C(=O)N2CCN(Cc3c(F)cccc3Cl)CC2)CC1. The number of nitrogens with zero attached hydrogens (tertiary/aromatic N) is 3. The van der Waals surface area contributed by atoms with Crippen LogP contribution in [0.5, 0.6) is 0 Å². The van der Waals surface area contributed by atoms with Crippen LogP contribution in [0.1, 0.15) is 38.2 Å². The van der Waals surface area contributed by atoms with E-state index in [1.54, 1.807) is 16.4 Å². The number of carbonyl (C=O) groups is 1. The Balaban J connectivity index is 1.47. The summed E-state index contributed by atoms with van der Waals surface area (Å²) in [6.07, 6.45) is 2.68. The highest BCUT2D eigenvalue weighted by atomic mass is 35.5. The number of hydrogen-bond acceptors (Lipinski definition) is 4. The van der Waals surface area contributed by atoms with Gasteiger partial charge in [0.1, 0.15) is 5.82 Å². The van der Waals surface area contributed by atoms with E-state index >= 15 is 0 Å². The summed E-state index contributed by atoms with van der Waals surface area (Å²) in [6.45, 7) is 5.79. The van der Waals surface area contributed by atoms with Crippen LogP contribution in [0.15, 0.2) is 18.2 Å². The molecule has 1 amide bonds. The van der Waals surface area contributed by atoms with Gasteiger partial charge >= 0.3 is 0 Å². The van der Waals surface area contributed by atoms with E-state index in [0.29, 0.717) is 75.7 Å². The van der Waals surface area contributed by atoms with Crippen molar-refractivity contribution in [1.82, 2.24) is 14.1 Å². The second-order valence-electron chi connectivity index (χ2n) is 8.14. The summed E-state index contributed by atoms with van der Waals surface area (Å²) in [5.41, 5.74) is 0.496. The topological polar surface area (TPSA) is 60.9 Å². The van der Waals surface area contributed by atoms with E-state index < -0.39 is 10.0 Å². The monoisotopic (exact) mass is 459 g/mol. The van der Waals surface area contributed by atoms with Crippen LogP contribution in [0.25, 0.3) is 0 Å². The van der Waals surface area contributed by atoms with Gasteiger partial charge in [-0.05, 0) is 31.4 Å². The third kappa shape index (κ3) is 5.72. The molecule has 30 heavy (non-hydrogen) atoms. The Hall–Kier alpha value is -1.22. The van der Waals surface area contributed by atoms with Gasteiger partial charge in [-0.2, -0.15) is 0 Å². The Labute approximate surface area is 184 Å². The fraction of sp³-hybridized carbons (Fsp3) is 0.667. The number of rotatable bonds is 7. The molecule has 9 heteroatoms. The minimum atomic E-state index is -3.20. The fourth-order valence-electron chi connectivity index (χ4n) is 4.13. The molecule has 0 saturated carbocycles. The zero-order valence-electron chi connectivity index (χ0n) is 17.5. The molecule has 0 atom stereocenters. The number of piperazine rings is 1. The molecule has 0 aliphatic carbocycles. The highest BCUT2D eigenvalue weighted by Crippen LogP contribution is 2.24. The number of carbonyl (C=O) groups excluding carboxylic acids is 1. The maximum Gasteiger partial charge on any atom is 0.225 e. The van der Waals surface area contributed by atoms with E-state index in [2.05, 4.69) is 4.90 Å². The van der Waals surface area contributed by atoms with Crippen LogP contribution in [0.3, 0.4) is 0 Å². The van der Waals surface area contributed by atoms with Crippen molar-refractivity contribution in [3.8, 4) is 0 Å². The Morgan fingerprint density at radius 3 is 2.40 bits per heavy atom. The van der Waals surface area contributed by atoms with Gasteiger partial charge < -0.3 is 4.90 Å². The summed E-state index contributed by atoms with van der Waals surface area (Å²) in [7, 11) is -3.20. The highest BCUT2D eigenvalue weighted by Gasteiger charge is 2.33. The van der Waals surface area contributed by atoms with E-state index in [-0.39, 0.29) is 23.4 Å². The molecule has 2 saturated heterocycles. The van der Waals surface area contributed by atoms with Crippen molar-refractivity contribution in [2.24, 2.45) is 5.92 Å². The fourth-order valence-corrected chi connectivity index (χ4v) is 6.03. The summed E-state index contributed by atoms with van der Waals surface area (Å²) < 4.78 is 40.3. The van der Waals surface area contributed by atoms with Gasteiger partial charge in [-0.3, -0.25) is 9.69 Å². The zero-order chi connectivity index (χ0) is 21.7. The van der Waals surface area contributed by atoms with E-state index in [1.165, 1.54) is 6.07 Å². The third-order valence-electron chi connectivity index (χ3n) is 6.08. The molecule has 0 aromatic heterocycles. The molecule has 168 valence electrons. The van der Waals surface area contributed by atoms with Gasteiger partial charge in [0.2, 0.25) is 15.9 Å². The zero-order valence-corrected chi connectivity index (χ0v) is 19.1. The quantitative estimate of drug-likeness (QED) is 0.629. The summed E-state index contributed by atoms with van der Waals surface area (Å²) >= 11 is 6.12. The van der Waals surface area contributed by atoms with E-state index in [1.807, 2.05) is 11.8 Å². The summed E-state index contributed by atoms with van der Waals surface area (Å²) in [6, 6.07) is 4.70. The number of sulfonamides is 1. The van der Waals surface area contributed by atoms with Crippen LogP contribution in [-0.4, -0.2) is 73.5 Å². The van der Waals surface area contributed by atoms with Crippen LogP contribution in [0, 0.1) is 11.7 Å². The molecule has 1 aromatic rings. The van der Waals surface area contributed by atoms with Crippen LogP contribution in [0.4, 0.5) is 4.39 Å². The van der Waals surface area contributed by atoms with Crippen LogP contribution in [-0.2, 0) is 21.4 Å². The van der Waals surface area contributed by atoms with Crippen LogP contribution < -0.4 is 0 Å². The van der Waals surface area contributed by atoms with Crippen molar-refractivity contribution < 1.29 is 17.6 Å². The maximum absolute atomic E-state index is 14.0. The van der Waals surface area contributed by atoms with Gasteiger partial charge in [0, 0.05) is 62.3 Å². The highest BCUT2D eigenvalue weighted by molar-refractivity contribution is 7.89. The lowest BCUT2D eigenvalue weighted by molar-refractivity contribution is -0.138. The molecule has 3 rings (SSSR count). The first kappa shape index (κ1) is 23.4. The first-order valence-corrected chi connectivity index (χ1v) is 12.7. The summed E-state index contributed by atoms with van der Waals surface area (Å²) in [5.74, 6) is -0.114. The van der Waals surface area contributed by atoms with Gasteiger partial charge in [0.05, 0.1) is 5.75 Å². The van der Waals surface area contributed by atoms with Crippen LogP contribution >= 0.6 is 11.6 Å². The second kappa shape index (κ2) is 10.4. The molecule has 0 N–H and O–H groups in total. The third-order valence-corrected chi connectivity index (χ3v) is 8.39. The van der Waals surface area contributed by atoms with Crippen molar-refractivity contribution in [2.45, 2.75) is 39.2 Å². The van der Waals surface area contributed by atoms with E-state index in [0.717, 1.165) is 6.42 Å². The first-order valence-electron chi connectivity index (χ1n) is 10.7. The van der Waals surface area contributed by atoms with Gasteiger partial charge in [-0.25, -0.2) is 17.1 Å². The molecule has 0 bridgehead atoms. The number of piperidine rings is 1. The second-order valence-corrected chi connectivity index (χ2v) is 10.6. The van der Waals surface area contributed by atoms with Crippen molar-refractivity contribution in [2.75, 3.05) is 45.0 Å². The lowest BCUT2D eigenvalue weighted by Gasteiger charge is -2.38. The minimum absolute atomic E-state index is 0.115. The minimum Gasteiger partial charge on any atom is -0.340 e. The number of benzene rings is 1. The van der Waals surface area contributed by atoms with Crippen molar-refractivity contribution >= 4 is 27.5 Å². The maximum atomic E-state index is 14.0. The summed E-state index contributed by atoms with van der Waals surface area (Å²) in [5, 5.41) is 0.425. The molecule has 1 aromatic carbocycles. The molecular weight excluding hydrogens is 429 g/mol. The average molecular weight is 460 g/mol. The molecule has 2 fully saturated rings. The molecule has 2 heterocycles. The molecule has 2 aliphatic heterocycles. The number of hydrogen-bond donors (Lipinski definition) is 0. The first-order chi connectivity index (χ1) is 14.3. The van der Waals surface area contributed by atoms with Gasteiger partial charge in [0.15, 0.2) is 0 Å². The molecule has 6 nitrogen and oxygen atoms in total. The largest absolute Gasteiger partial charge is 0.340 e. The predicted octanol–water partition coefficient (Wildman–Crippen LogP) is 2.97. The predicted molar refractivity (Wildman–Crippen MR) is 116 cm³/mol. The Morgan fingerprint density at radius 1 is 1.13 bits per heavy atom. The average Bonchev–Trinajstić information content (AvgIpc) is 2.75. The summed E-state index contributed by atoms with van der Waals surface area (Å²) in [4.78, 5) is 16.9. The Morgan fingerprint density at radius 2 is 1.80 bits per heavy atom. The normalized spacial score (nSPS) is 19.9.